The number of nitrogens with one attached hydrogen (secondary N) is 1. The van der Waals surface area contributed by atoms with Crippen LogP contribution in [0.3, 0.4) is 0 Å². The standard InChI is InChI=1S/C19H17ClN4O2S/c1-3-24-11(2)15(18-22-17(23-26-18)14-8-5-9-27-14)16(21-19(24)25)12-6-4-7-13(20)10-12/h4-10,16H,3H2,1-2H3,(H,21,25). The molecule has 1 aromatic carbocycles. The molecule has 8 heteroatoms. The summed E-state index contributed by atoms with van der Waals surface area (Å²) in [6.45, 7) is 4.35. The van der Waals surface area contributed by atoms with Crippen LogP contribution in [0.2, 0.25) is 5.02 Å². The van der Waals surface area contributed by atoms with Crippen molar-refractivity contribution in [2.45, 2.75) is 19.9 Å². The number of urea groups is 1. The molecule has 0 saturated heterocycles. The highest BCUT2D eigenvalue weighted by Crippen LogP contribution is 2.38. The van der Waals surface area contributed by atoms with Crippen LogP contribution in [0.15, 0.2) is 52.0 Å². The summed E-state index contributed by atoms with van der Waals surface area (Å²) < 4.78 is 5.59. The van der Waals surface area contributed by atoms with Gasteiger partial charge in [0.1, 0.15) is 0 Å². The molecule has 27 heavy (non-hydrogen) atoms. The largest absolute Gasteiger partial charge is 0.334 e. The second-order valence-corrected chi connectivity index (χ2v) is 7.47. The summed E-state index contributed by atoms with van der Waals surface area (Å²) in [6, 6.07) is 10.7. The molecule has 3 heterocycles. The van der Waals surface area contributed by atoms with Crippen LogP contribution in [0.5, 0.6) is 0 Å². The highest BCUT2D eigenvalue weighted by Gasteiger charge is 2.35. The van der Waals surface area contributed by atoms with Gasteiger partial charge in [0.15, 0.2) is 0 Å². The Labute approximate surface area is 165 Å². The molecule has 1 unspecified atom stereocenters. The van der Waals surface area contributed by atoms with Crippen LogP contribution in [0.1, 0.15) is 31.3 Å². The monoisotopic (exact) mass is 400 g/mol. The maximum absolute atomic E-state index is 12.6. The normalized spacial score (nSPS) is 17.4. The van der Waals surface area contributed by atoms with Crippen molar-refractivity contribution in [2.75, 3.05) is 6.54 Å². The predicted molar refractivity (Wildman–Crippen MR) is 105 cm³/mol. The van der Waals surface area contributed by atoms with Gasteiger partial charge in [0, 0.05) is 17.3 Å². The molecule has 0 bridgehead atoms. The van der Waals surface area contributed by atoms with Crippen molar-refractivity contribution in [2.24, 2.45) is 0 Å². The molecule has 4 rings (SSSR count). The number of carbonyl (C=O) groups is 1. The van der Waals surface area contributed by atoms with Gasteiger partial charge in [0.25, 0.3) is 5.89 Å². The number of rotatable bonds is 4. The zero-order chi connectivity index (χ0) is 19.0. The van der Waals surface area contributed by atoms with Gasteiger partial charge >= 0.3 is 6.03 Å². The third kappa shape index (κ3) is 3.24. The Morgan fingerprint density at radius 3 is 2.89 bits per heavy atom. The van der Waals surface area contributed by atoms with Crippen molar-refractivity contribution >= 4 is 34.5 Å². The van der Waals surface area contributed by atoms with Gasteiger partial charge in [-0.15, -0.1) is 11.3 Å². The van der Waals surface area contributed by atoms with Gasteiger partial charge in [-0.3, -0.25) is 4.90 Å². The molecular formula is C19H17ClN4O2S. The van der Waals surface area contributed by atoms with E-state index in [1.54, 1.807) is 22.3 Å². The van der Waals surface area contributed by atoms with Gasteiger partial charge in [-0.1, -0.05) is 35.0 Å². The number of halogens is 1. The third-order valence-corrected chi connectivity index (χ3v) is 5.59. The van der Waals surface area contributed by atoms with Crippen molar-refractivity contribution < 1.29 is 9.32 Å². The van der Waals surface area contributed by atoms with Gasteiger partial charge in [-0.2, -0.15) is 4.98 Å². The number of aromatic nitrogens is 2. The maximum atomic E-state index is 12.6. The summed E-state index contributed by atoms with van der Waals surface area (Å²) in [5, 5.41) is 9.71. The molecule has 0 aliphatic carbocycles. The van der Waals surface area contributed by atoms with E-state index in [1.165, 1.54) is 0 Å². The second kappa shape index (κ2) is 7.17. The number of carbonyl (C=O) groups excluding carboxylic acids is 1. The Morgan fingerprint density at radius 1 is 1.33 bits per heavy atom. The minimum absolute atomic E-state index is 0.165. The first-order valence-electron chi connectivity index (χ1n) is 8.50. The quantitative estimate of drug-likeness (QED) is 0.671. The van der Waals surface area contributed by atoms with E-state index in [9.17, 15) is 4.79 Å². The second-order valence-electron chi connectivity index (χ2n) is 6.08. The van der Waals surface area contributed by atoms with E-state index in [0.29, 0.717) is 23.3 Å². The Balaban J connectivity index is 1.84. The highest BCUT2D eigenvalue weighted by atomic mass is 35.5. The number of hydrogen-bond acceptors (Lipinski definition) is 5. The molecule has 0 fully saturated rings. The van der Waals surface area contributed by atoms with E-state index < -0.39 is 6.04 Å². The average molecular weight is 401 g/mol. The Bertz CT molecular complexity index is 1010. The zero-order valence-electron chi connectivity index (χ0n) is 14.8. The Hall–Kier alpha value is -2.64. The first-order valence-corrected chi connectivity index (χ1v) is 9.76. The number of benzene rings is 1. The summed E-state index contributed by atoms with van der Waals surface area (Å²) >= 11 is 7.71. The van der Waals surface area contributed by atoms with E-state index in [1.807, 2.05) is 49.6 Å². The molecule has 6 nitrogen and oxygen atoms in total. The van der Waals surface area contributed by atoms with Crippen LogP contribution < -0.4 is 5.32 Å². The van der Waals surface area contributed by atoms with Gasteiger partial charge in [-0.05, 0) is 43.0 Å². The lowest BCUT2D eigenvalue weighted by Gasteiger charge is -2.34. The first kappa shape index (κ1) is 17.8. The van der Waals surface area contributed by atoms with E-state index in [4.69, 9.17) is 16.1 Å². The fraction of sp³-hybridized carbons (Fsp3) is 0.211. The van der Waals surface area contributed by atoms with Crippen molar-refractivity contribution in [1.82, 2.24) is 20.4 Å². The van der Waals surface area contributed by atoms with Crippen LogP contribution >= 0.6 is 22.9 Å². The van der Waals surface area contributed by atoms with Crippen LogP contribution in [0, 0.1) is 0 Å². The molecule has 0 saturated carbocycles. The smallest absolute Gasteiger partial charge is 0.322 e. The maximum Gasteiger partial charge on any atom is 0.322 e. The Kier molecular flexibility index (Phi) is 4.72. The van der Waals surface area contributed by atoms with Crippen LogP contribution in [-0.4, -0.2) is 27.6 Å². The molecular weight excluding hydrogens is 384 g/mol. The minimum Gasteiger partial charge on any atom is -0.334 e. The first-order chi connectivity index (χ1) is 13.1. The molecule has 138 valence electrons. The molecule has 0 spiro atoms. The summed E-state index contributed by atoms with van der Waals surface area (Å²) in [6.07, 6.45) is 0. The molecule has 3 aromatic rings. The lowest BCUT2D eigenvalue weighted by atomic mass is 9.95. The average Bonchev–Trinajstić information content (AvgIpc) is 3.33. The van der Waals surface area contributed by atoms with Crippen molar-refractivity contribution in [1.29, 1.82) is 0 Å². The van der Waals surface area contributed by atoms with Crippen molar-refractivity contribution in [3.8, 4) is 10.7 Å². The van der Waals surface area contributed by atoms with Gasteiger partial charge < -0.3 is 9.84 Å². The molecule has 1 atom stereocenters. The number of allylic oxidation sites excluding steroid dienone is 1. The lowest BCUT2D eigenvalue weighted by Crippen LogP contribution is -2.45. The van der Waals surface area contributed by atoms with E-state index in [0.717, 1.165) is 21.7 Å². The van der Waals surface area contributed by atoms with Crippen molar-refractivity contribution in [3.05, 3.63) is 64.0 Å². The van der Waals surface area contributed by atoms with Crippen LogP contribution in [0.4, 0.5) is 4.79 Å². The zero-order valence-corrected chi connectivity index (χ0v) is 16.3. The summed E-state index contributed by atoms with van der Waals surface area (Å²) in [5.41, 5.74) is 2.42. The number of thiophene rings is 1. The van der Waals surface area contributed by atoms with Crippen molar-refractivity contribution in [3.63, 3.8) is 0 Å². The summed E-state index contributed by atoms with van der Waals surface area (Å²) in [5.74, 6) is 0.921. The molecule has 0 radical (unpaired) electrons. The van der Waals surface area contributed by atoms with Crippen LogP contribution in [0.25, 0.3) is 16.3 Å². The van der Waals surface area contributed by atoms with E-state index >= 15 is 0 Å². The molecule has 1 aliphatic heterocycles. The third-order valence-electron chi connectivity index (χ3n) is 4.49. The lowest BCUT2D eigenvalue weighted by molar-refractivity contribution is 0.207. The molecule has 2 amide bonds. The topological polar surface area (TPSA) is 71.3 Å². The molecule has 1 N–H and O–H groups in total. The SMILES string of the molecule is CCN1C(=O)NC(c2cccc(Cl)c2)C(c2nc(-c3cccs3)no2)=C1C. The number of amides is 2. The van der Waals surface area contributed by atoms with E-state index in [2.05, 4.69) is 15.5 Å². The van der Waals surface area contributed by atoms with Gasteiger partial charge in [0.05, 0.1) is 16.5 Å². The number of hydrogen-bond donors (Lipinski definition) is 1. The molecule has 2 aromatic heterocycles. The Morgan fingerprint density at radius 2 is 2.19 bits per heavy atom. The highest BCUT2D eigenvalue weighted by molar-refractivity contribution is 7.13. The fourth-order valence-corrected chi connectivity index (χ4v) is 4.06. The van der Waals surface area contributed by atoms with Gasteiger partial charge in [-0.25, -0.2) is 4.79 Å². The molecule has 1 aliphatic rings. The van der Waals surface area contributed by atoms with Crippen LogP contribution in [-0.2, 0) is 0 Å². The fourth-order valence-electron chi connectivity index (χ4n) is 3.21. The minimum atomic E-state index is -0.421. The number of nitrogens with zero attached hydrogens (tertiary/aromatic N) is 3. The summed E-state index contributed by atoms with van der Waals surface area (Å²) in [7, 11) is 0. The predicted octanol–water partition coefficient (Wildman–Crippen LogP) is 4.97. The van der Waals surface area contributed by atoms with E-state index in [-0.39, 0.29) is 6.03 Å². The summed E-state index contributed by atoms with van der Waals surface area (Å²) in [4.78, 5) is 19.7. The van der Waals surface area contributed by atoms with Gasteiger partial charge in [0.2, 0.25) is 5.82 Å².